The Bertz CT molecular complexity index is 496. The van der Waals surface area contributed by atoms with Gasteiger partial charge in [0, 0.05) is 23.4 Å². The molecule has 0 bridgehead atoms. The van der Waals surface area contributed by atoms with Gasteiger partial charge >= 0.3 is 12.7 Å². The number of rotatable bonds is 5. The number of ether oxygens (including phenoxy) is 1. The SMILES string of the molecule is C=CC(=O)OC(C)c1ccccc1OP(O)(O)=S. The van der Waals surface area contributed by atoms with Crippen LogP contribution in [0, 0.1) is 0 Å². The van der Waals surface area contributed by atoms with E-state index >= 15 is 0 Å². The Balaban J connectivity index is 2.97. The molecule has 98 valence electrons. The van der Waals surface area contributed by atoms with Gasteiger partial charge in [0.05, 0.1) is 0 Å². The first kappa shape index (κ1) is 14.9. The molecule has 0 aliphatic heterocycles. The predicted octanol–water partition coefficient (Wildman–Crippen LogP) is 2.06. The maximum absolute atomic E-state index is 11.1. The van der Waals surface area contributed by atoms with Crippen molar-refractivity contribution in [3.8, 4) is 5.75 Å². The first-order valence-electron chi connectivity index (χ1n) is 5.00. The standard InChI is InChI=1S/C11H13O5PS/c1-3-11(12)15-8(2)9-6-4-5-7-10(9)16-17(13,14)18/h3-8H,1H2,2H3,(H2,13,14,18). The van der Waals surface area contributed by atoms with Crippen LogP contribution in [0.1, 0.15) is 18.6 Å². The number of esters is 1. The van der Waals surface area contributed by atoms with Crippen LogP contribution in [-0.2, 0) is 21.3 Å². The van der Waals surface area contributed by atoms with Crippen molar-refractivity contribution < 1.29 is 23.8 Å². The van der Waals surface area contributed by atoms with Crippen LogP contribution < -0.4 is 4.52 Å². The van der Waals surface area contributed by atoms with Crippen molar-refractivity contribution in [1.82, 2.24) is 0 Å². The fourth-order valence-electron chi connectivity index (χ4n) is 1.31. The van der Waals surface area contributed by atoms with Crippen LogP contribution in [0.4, 0.5) is 0 Å². The Hall–Kier alpha value is -1.20. The number of carbonyl (C=O) groups is 1. The van der Waals surface area contributed by atoms with Crippen LogP contribution >= 0.6 is 6.72 Å². The van der Waals surface area contributed by atoms with E-state index < -0.39 is 18.8 Å². The van der Waals surface area contributed by atoms with Crippen LogP contribution in [0.25, 0.3) is 0 Å². The second-order valence-electron chi connectivity index (χ2n) is 3.40. The quantitative estimate of drug-likeness (QED) is 0.491. The lowest BCUT2D eigenvalue weighted by molar-refractivity contribution is -0.142. The molecule has 1 aromatic carbocycles. The number of hydrogen-bond donors (Lipinski definition) is 2. The summed E-state index contributed by atoms with van der Waals surface area (Å²) in [7, 11) is 0. The van der Waals surface area contributed by atoms with Crippen molar-refractivity contribution >= 4 is 24.5 Å². The number of benzene rings is 1. The predicted molar refractivity (Wildman–Crippen MR) is 70.5 cm³/mol. The van der Waals surface area contributed by atoms with Crippen LogP contribution in [0.2, 0.25) is 0 Å². The molecule has 0 radical (unpaired) electrons. The normalized spacial score (nSPS) is 12.6. The number of para-hydroxylation sites is 1. The van der Waals surface area contributed by atoms with Gasteiger partial charge in [0.15, 0.2) is 0 Å². The molecule has 1 atom stereocenters. The molecule has 0 saturated carbocycles. The fourth-order valence-corrected chi connectivity index (χ4v) is 1.98. The Morgan fingerprint density at radius 1 is 1.50 bits per heavy atom. The van der Waals surface area contributed by atoms with Crippen molar-refractivity contribution in [2.45, 2.75) is 13.0 Å². The highest BCUT2D eigenvalue weighted by Crippen LogP contribution is 2.41. The van der Waals surface area contributed by atoms with Crippen molar-refractivity contribution in [3.05, 3.63) is 42.5 Å². The maximum atomic E-state index is 11.1. The minimum Gasteiger partial charge on any atom is -0.454 e. The molecule has 1 aromatic rings. The smallest absolute Gasteiger partial charge is 0.375 e. The van der Waals surface area contributed by atoms with E-state index in [2.05, 4.69) is 18.4 Å². The second kappa shape index (κ2) is 6.11. The summed E-state index contributed by atoms with van der Waals surface area (Å²) in [6.45, 7) is 1.10. The topological polar surface area (TPSA) is 76.0 Å². The molecule has 0 aromatic heterocycles. The number of hydrogen-bond acceptors (Lipinski definition) is 4. The Kier molecular flexibility index (Phi) is 5.04. The van der Waals surface area contributed by atoms with Gasteiger partial charge in [-0.2, -0.15) is 0 Å². The molecule has 0 fully saturated rings. The Labute approximate surface area is 110 Å². The molecule has 0 spiro atoms. The lowest BCUT2D eigenvalue weighted by Gasteiger charge is -2.18. The van der Waals surface area contributed by atoms with Gasteiger partial charge in [-0.3, -0.25) is 0 Å². The van der Waals surface area contributed by atoms with Gasteiger partial charge in [-0.15, -0.1) is 0 Å². The van der Waals surface area contributed by atoms with E-state index in [1.54, 1.807) is 25.1 Å². The minimum absolute atomic E-state index is 0.176. The highest BCUT2D eigenvalue weighted by atomic mass is 32.5. The monoisotopic (exact) mass is 288 g/mol. The lowest BCUT2D eigenvalue weighted by atomic mass is 10.1. The van der Waals surface area contributed by atoms with Gasteiger partial charge < -0.3 is 19.0 Å². The van der Waals surface area contributed by atoms with Gasteiger partial charge in [0.1, 0.15) is 11.9 Å². The van der Waals surface area contributed by atoms with E-state index in [1.165, 1.54) is 6.07 Å². The highest BCUT2D eigenvalue weighted by Gasteiger charge is 2.18. The maximum Gasteiger partial charge on any atom is 0.375 e. The largest absolute Gasteiger partial charge is 0.454 e. The molecule has 0 amide bonds. The van der Waals surface area contributed by atoms with Gasteiger partial charge in [-0.1, -0.05) is 24.8 Å². The lowest BCUT2D eigenvalue weighted by Crippen LogP contribution is -2.07. The molecule has 2 N–H and O–H groups in total. The van der Waals surface area contributed by atoms with E-state index in [-0.39, 0.29) is 5.75 Å². The summed E-state index contributed by atoms with van der Waals surface area (Å²) >= 11 is 4.40. The summed E-state index contributed by atoms with van der Waals surface area (Å²) in [4.78, 5) is 29.4. The third kappa shape index (κ3) is 4.58. The summed E-state index contributed by atoms with van der Waals surface area (Å²) < 4.78 is 9.91. The fraction of sp³-hybridized carbons (Fsp3) is 0.182. The third-order valence-electron chi connectivity index (χ3n) is 2.03. The molecular formula is C11H13O5PS. The summed E-state index contributed by atoms with van der Waals surface area (Å²) in [5.74, 6) is -0.403. The first-order chi connectivity index (χ1) is 8.33. The Morgan fingerprint density at radius 2 is 2.11 bits per heavy atom. The molecule has 1 rings (SSSR count). The molecule has 1 unspecified atom stereocenters. The van der Waals surface area contributed by atoms with Gasteiger partial charge in [0.25, 0.3) is 0 Å². The Morgan fingerprint density at radius 3 is 2.67 bits per heavy atom. The zero-order chi connectivity index (χ0) is 13.8. The zero-order valence-electron chi connectivity index (χ0n) is 9.65. The summed E-state index contributed by atoms with van der Waals surface area (Å²) in [6.07, 6.45) is 0.427. The molecule has 7 heteroatoms. The average molecular weight is 288 g/mol. The molecule has 0 saturated heterocycles. The van der Waals surface area contributed by atoms with Crippen LogP contribution in [0.5, 0.6) is 5.75 Å². The van der Waals surface area contributed by atoms with E-state index in [9.17, 15) is 4.79 Å². The number of carbonyl (C=O) groups excluding carboxylic acids is 1. The first-order valence-corrected chi connectivity index (χ1v) is 7.63. The summed E-state index contributed by atoms with van der Waals surface area (Å²) in [5, 5.41) is 0. The van der Waals surface area contributed by atoms with Gasteiger partial charge in [-0.05, 0) is 13.0 Å². The highest BCUT2D eigenvalue weighted by molar-refractivity contribution is 8.06. The summed E-state index contributed by atoms with van der Waals surface area (Å²) in [6, 6.07) is 6.51. The van der Waals surface area contributed by atoms with E-state index in [0.717, 1.165) is 6.08 Å². The van der Waals surface area contributed by atoms with Crippen LogP contribution in [0.3, 0.4) is 0 Å². The van der Waals surface area contributed by atoms with E-state index in [0.29, 0.717) is 5.56 Å². The van der Waals surface area contributed by atoms with Gasteiger partial charge in [-0.25, -0.2) is 4.79 Å². The van der Waals surface area contributed by atoms with E-state index in [4.69, 9.17) is 19.0 Å². The summed E-state index contributed by atoms with van der Waals surface area (Å²) in [5.41, 5.74) is 0.491. The van der Waals surface area contributed by atoms with Gasteiger partial charge in [0.2, 0.25) is 0 Å². The van der Waals surface area contributed by atoms with Crippen LogP contribution in [-0.4, -0.2) is 15.8 Å². The molecule has 0 aliphatic rings. The second-order valence-corrected chi connectivity index (χ2v) is 5.99. The molecule has 0 heterocycles. The average Bonchev–Trinajstić information content (AvgIpc) is 2.27. The molecular weight excluding hydrogens is 275 g/mol. The molecule has 18 heavy (non-hydrogen) atoms. The minimum atomic E-state index is -3.82. The molecule has 5 nitrogen and oxygen atoms in total. The van der Waals surface area contributed by atoms with Crippen molar-refractivity contribution in [1.29, 1.82) is 0 Å². The van der Waals surface area contributed by atoms with Crippen LogP contribution in [0.15, 0.2) is 36.9 Å². The third-order valence-corrected chi connectivity index (χ3v) is 2.69. The van der Waals surface area contributed by atoms with Crippen molar-refractivity contribution in [2.75, 3.05) is 0 Å². The zero-order valence-corrected chi connectivity index (χ0v) is 11.4. The van der Waals surface area contributed by atoms with Crippen molar-refractivity contribution in [3.63, 3.8) is 0 Å². The van der Waals surface area contributed by atoms with Crippen molar-refractivity contribution in [2.24, 2.45) is 0 Å². The van der Waals surface area contributed by atoms with E-state index in [1.807, 2.05) is 0 Å². The molecule has 0 aliphatic carbocycles.